The predicted octanol–water partition coefficient (Wildman–Crippen LogP) is 3.48. The van der Waals surface area contributed by atoms with E-state index in [1.54, 1.807) is 0 Å². The Hall–Kier alpha value is -3.79. The molecule has 0 heterocycles. The zero-order chi connectivity index (χ0) is 23.3. The summed E-state index contributed by atoms with van der Waals surface area (Å²) in [6.45, 7) is -0.290. The highest BCUT2D eigenvalue weighted by molar-refractivity contribution is 7.92. The Morgan fingerprint density at radius 3 is 2.16 bits per heavy atom. The molecule has 0 atom stereocenters. The van der Waals surface area contributed by atoms with Crippen molar-refractivity contribution in [1.29, 1.82) is 0 Å². The number of carbonyl (C=O) groups excluding carboxylic acids is 2. The molecule has 0 radical (unpaired) electrons. The van der Waals surface area contributed by atoms with Gasteiger partial charge >= 0.3 is 0 Å². The summed E-state index contributed by atoms with van der Waals surface area (Å²) in [4.78, 5) is 25.7. The van der Waals surface area contributed by atoms with Gasteiger partial charge in [0.15, 0.2) is 0 Å². The minimum Gasteiger partial charge on any atom is -0.332 e. The Labute approximate surface area is 183 Å². The molecule has 3 rings (SSSR count). The molecule has 7 nitrogen and oxygen atoms in total. The Bertz CT molecular complexity index is 1230. The molecule has 0 bridgehead atoms. The SMILES string of the molecule is CN(CC(=O)Nc1cccc(F)c1)C(=O)c1ccc(S(=O)(=O)Nc2ccc(F)cc2)cc1. The molecule has 3 aromatic rings. The summed E-state index contributed by atoms with van der Waals surface area (Å²) in [7, 11) is -2.53. The van der Waals surface area contributed by atoms with Crippen LogP contribution in [0.25, 0.3) is 0 Å². The smallest absolute Gasteiger partial charge is 0.261 e. The van der Waals surface area contributed by atoms with Crippen molar-refractivity contribution in [2.24, 2.45) is 0 Å². The van der Waals surface area contributed by atoms with Crippen molar-refractivity contribution in [2.45, 2.75) is 4.90 Å². The molecule has 0 fully saturated rings. The third-order valence-electron chi connectivity index (χ3n) is 4.34. The lowest BCUT2D eigenvalue weighted by atomic mass is 10.2. The van der Waals surface area contributed by atoms with Gasteiger partial charge in [-0.2, -0.15) is 0 Å². The maximum Gasteiger partial charge on any atom is 0.261 e. The Kier molecular flexibility index (Phi) is 6.84. The summed E-state index contributed by atoms with van der Waals surface area (Å²) in [5.74, 6) is -2.02. The summed E-state index contributed by atoms with van der Waals surface area (Å²) >= 11 is 0. The molecule has 0 aliphatic heterocycles. The van der Waals surface area contributed by atoms with E-state index in [1.807, 2.05) is 0 Å². The summed E-state index contributed by atoms with van der Waals surface area (Å²) in [5, 5.41) is 2.49. The van der Waals surface area contributed by atoms with Crippen LogP contribution < -0.4 is 10.0 Å². The van der Waals surface area contributed by atoms with E-state index in [9.17, 15) is 26.8 Å². The van der Waals surface area contributed by atoms with Crippen LogP contribution in [-0.4, -0.2) is 38.7 Å². The average Bonchev–Trinajstić information content (AvgIpc) is 2.74. The number of likely N-dealkylation sites (N-methyl/N-ethyl adjacent to an activating group) is 1. The van der Waals surface area contributed by atoms with E-state index in [0.717, 1.165) is 23.1 Å². The largest absolute Gasteiger partial charge is 0.332 e. The normalized spacial score (nSPS) is 11.0. The molecule has 0 aliphatic rings. The van der Waals surface area contributed by atoms with Crippen molar-refractivity contribution >= 4 is 33.2 Å². The van der Waals surface area contributed by atoms with Crippen molar-refractivity contribution in [3.05, 3.63) is 90.0 Å². The first-order valence-corrected chi connectivity index (χ1v) is 10.8. The molecule has 166 valence electrons. The number of amides is 2. The van der Waals surface area contributed by atoms with Crippen LogP contribution >= 0.6 is 0 Å². The van der Waals surface area contributed by atoms with E-state index >= 15 is 0 Å². The minimum atomic E-state index is -3.94. The average molecular weight is 459 g/mol. The molecule has 0 aliphatic carbocycles. The van der Waals surface area contributed by atoms with Crippen LogP contribution in [0.1, 0.15) is 10.4 Å². The van der Waals surface area contributed by atoms with Gasteiger partial charge in [0.2, 0.25) is 5.91 Å². The van der Waals surface area contributed by atoms with Crippen LogP contribution in [0.2, 0.25) is 0 Å². The van der Waals surface area contributed by atoms with Crippen molar-refractivity contribution < 1.29 is 26.8 Å². The zero-order valence-corrected chi connectivity index (χ0v) is 17.7. The predicted molar refractivity (Wildman–Crippen MR) is 116 cm³/mol. The first-order chi connectivity index (χ1) is 15.1. The van der Waals surface area contributed by atoms with Gasteiger partial charge in [0, 0.05) is 24.0 Å². The number of benzene rings is 3. The first-order valence-electron chi connectivity index (χ1n) is 9.33. The standard InChI is InChI=1S/C22H19F2N3O4S/c1-27(14-21(28)25-19-4-2-3-17(24)13-19)22(29)15-5-11-20(12-6-15)32(30,31)26-18-9-7-16(23)8-10-18/h2-13,26H,14H2,1H3,(H,25,28). The molecule has 3 aromatic carbocycles. The Morgan fingerprint density at radius 2 is 1.53 bits per heavy atom. The fraction of sp³-hybridized carbons (Fsp3) is 0.0909. The molecule has 10 heteroatoms. The van der Waals surface area contributed by atoms with Crippen LogP contribution in [0.4, 0.5) is 20.2 Å². The quantitative estimate of drug-likeness (QED) is 0.566. The van der Waals surface area contributed by atoms with Gasteiger partial charge in [0.1, 0.15) is 11.6 Å². The van der Waals surface area contributed by atoms with Crippen LogP contribution in [0.15, 0.2) is 77.7 Å². The van der Waals surface area contributed by atoms with Gasteiger partial charge in [0.05, 0.1) is 11.4 Å². The van der Waals surface area contributed by atoms with E-state index in [4.69, 9.17) is 0 Å². The Morgan fingerprint density at radius 1 is 0.875 bits per heavy atom. The number of hydrogen-bond acceptors (Lipinski definition) is 4. The van der Waals surface area contributed by atoms with Gasteiger partial charge in [-0.1, -0.05) is 6.07 Å². The molecule has 2 amide bonds. The van der Waals surface area contributed by atoms with Crippen LogP contribution in [0.3, 0.4) is 0 Å². The maximum absolute atomic E-state index is 13.2. The van der Waals surface area contributed by atoms with Crippen molar-refractivity contribution in [2.75, 3.05) is 23.6 Å². The van der Waals surface area contributed by atoms with E-state index in [2.05, 4.69) is 10.0 Å². The van der Waals surface area contributed by atoms with Gasteiger partial charge in [0.25, 0.3) is 15.9 Å². The lowest BCUT2D eigenvalue weighted by Crippen LogP contribution is -2.35. The molecular formula is C22H19F2N3O4S. The van der Waals surface area contributed by atoms with Crippen molar-refractivity contribution in [3.63, 3.8) is 0 Å². The second-order valence-electron chi connectivity index (χ2n) is 6.86. The van der Waals surface area contributed by atoms with E-state index in [0.29, 0.717) is 0 Å². The van der Waals surface area contributed by atoms with Crippen molar-refractivity contribution in [1.82, 2.24) is 4.90 Å². The fourth-order valence-electron chi connectivity index (χ4n) is 2.78. The fourth-order valence-corrected chi connectivity index (χ4v) is 3.84. The number of carbonyl (C=O) groups is 2. The summed E-state index contributed by atoms with van der Waals surface area (Å²) in [5.41, 5.74) is 0.626. The molecule has 0 unspecified atom stereocenters. The third-order valence-corrected chi connectivity index (χ3v) is 5.74. The number of nitrogens with one attached hydrogen (secondary N) is 2. The number of nitrogens with zero attached hydrogens (tertiary/aromatic N) is 1. The Balaban J connectivity index is 1.63. The topological polar surface area (TPSA) is 95.6 Å². The molecule has 2 N–H and O–H groups in total. The van der Waals surface area contributed by atoms with Gasteiger partial charge in [-0.05, 0) is 66.7 Å². The van der Waals surface area contributed by atoms with Crippen LogP contribution in [0.5, 0.6) is 0 Å². The lowest BCUT2D eigenvalue weighted by molar-refractivity contribution is -0.116. The van der Waals surface area contributed by atoms with Gasteiger partial charge in [-0.3, -0.25) is 14.3 Å². The van der Waals surface area contributed by atoms with Gasteiger partial charge < -0.3 is 10.2 Å². The number of halogens is 2. The summed E-state index contributed by atoms with van der Waals surface area (Å²) in [6.07, 6.45) is 0. The summed E-state index contributed by atoms with van der Waals surface area (Å²) < 4.78 is 53.4. The number of sulfonamides is 1. The third kappa shape index (κ3) is 5.88. The van der Waals surface area contributed by atoms with Crippen LogP contribution in [-0.2, 0) is 14.8 Å². The highest BCUT2D eigenvalue weighted by atomic mass is 32.2. The van der Waals surface area contributed by atoms with Crippen molar-refractivity contribution in [3.8, 4) is 0 Å². The van der Waals surface area contributed by atoms with Gasteiger partial charge in [-0.15, -0.1) is 0 Å². The molecule has 0 saturated heterocycles. The number of anilines is 2. The zero-order valence-electron chi connectivity index (χ0n) is 16.9. The molecule has 32 heavy (non-hydrogen) atoms. The maximum atomic E-state index is 13.2. The monoisotopic (exact) mass is 459 g/mol. The van der Waals surface area contributed by atoms with E-state index in [1.165, 1.54) is 61.6 Å². The number of rotatable bonds is 7. The highest BCUT2D eigenvalue weighted by Crippen LogP contribution is 2.18. The van der Waals surface area contributed by atoms with Crippen LogP contribution in [0, 0.1) is 11.6 Å². The first kappa shape index (κ1) is 22.9. The molecule has 0 saturated carbocycles. The molecule has 0 spiro atoms. The van der Waals surface area contributed by atoms with Gasteiger partial charge in [-0.25, -0.2) is 17.2 Å². The lowest BCUT2D eigenvalue weighted by Gasteiger charge is -2.17. The summed E-state index contributed by atoms with van der Waals surface area (Å²) in [6, 6.07) is 15.3. The highest BCUT2D eigenvalue weighted by Gasteiger charge is 2.18. The molecular weight excluding hydrogens is 440 g/mol. The minimum absolute atomic E-state index is 0.0927. The van der Waals surface area contributed by atoms with E-state index < -0.39 is 33.5 Å². The van der Waals surface area contributed by atoms with E-state index in [-0.39, 0.29) is 28.4 Å². The second kappa shape index (κ2) is 9.56. The molecule has 0 aromatic heterocycles. The number of hydrogen-bond donors (Lipinski definition) is 2. The second-order valence-corrected chi connectivity index (χ2v) is 8.54.